The van der Waals surface area contributed by atoms with Gasteiger partial charge in [0.25, 0.3) is 0 Å². The van der Waals surface area contributed by atoms with Gasteiger partial charge in [0.1, 0.15) is 11.5 Å². The molecule has 2 aromatic heterocycles. The number of nitrogens with one attached hydrogen (secondary N) is 1. The van der Waals surface area contributed by atoms with Crippen molar-refractivity contribution in [3.63, 3.8) is 0 Å². The second-order valence-electron chi connectivity index (χ2n) is 7.74. The van der Waals surface area contributed by atoms with Crippen LogP contribution in [0.25, 0.3) is 0 Å². The normalized spacial score (nSPS) is 18.1. The molecule has 2 aliphatic rings. The smallest absolute Gasteiger partial charge is 0.165 e. The number of ketones is 1. The second-order valence-corrected chi connectivity index (χ2v) is 7.74. The van der Waals surface area contributed by atoms with Gasteiger partial charge in [0.15, 0.2) is 5.78 Å². The zero-order chi connectivity index (χ0) is 17.4. The molecule has 1 N–H and O–H groups in total. The Morgan fingerprint density at radius 3 is 2.84 bits per heavy atom. The average Bonchev–Trinajstić information content (AvgIpc) is 3.36. The standard InChI is InChI=1S/C21H21N3O/c1-21(2)11-18-17(19(25)12-21)10-14(13-22-18)6-7-15-4-3-5-20(23-15)24-16-8-9-16/h3-5,10,13,16H,8-9,11-12H2,1-2H3,(H,23,24). The molecule has 0 saturated heterocycles. The van der Waals surface area contributed by atoms with Gasteiger partial charge in [-0.05, 0) is 48.8 Å². The summed E-state index contributed by atoms with van der Waals surface area (Å²) >= 11 is 0. The lowest BCUT2D eigenvalue weighted by Crippen LogP contribution is -2.27. The van der Waals surface area contributed by atoms with Gasteiger partial charge < -0.3 is 5.32 Å². The van der Waals surface area contributed by atoms with Gasteiger partial charge in [0.05, 0.1) is 5.69 Å². The lowest BCUT2D eigenvalue weighted by molar-refractivity contribution is 0.0910. The van der Waals surface area contributed by atoms with Crippen LogP contribution in [0.4, 0.5) is 5.82 Å². The summed E-state index contributed by atoms with van der Waals surface area (Å²) in [7, 11) is 0. The summed E-state index contributed by atoms with van der Waals surface area (Å²) in [5.74, 6) is 7.21. The molecule has 0 spiro atoms. The third kappa shape index (κ3) is 3.71. The number of aromatic nitrogens is 2. The third-order valence-corrected chi connectivity index (χ3v) is 4.57. The minimum Gasteiger partial charge on any atom is -0.367 e. The first kappa shape index (κ1) is 15.8. The zero-order valence-corrected chi connectivity index (χ0v) is 14.6. The number of rotatable bonds is 2. The Bertz CT molecular complexity index is 901. The Labute approximate surface area is 148 Å². The topological polar surface area (TPSA) is 54.9 Å². The maximum atomic E-state index is 12.4. The molecule has 2 aromatic rings. The van der Waals surface area contributed by atoms with Crippen LogP contribution >= 0.6 is 0 Å². The van der Waals surface area contributed by atoms with Crippen LogP contribution < -0.4 is 5.32 Å². The molecule has 1 fully saturated rings. The molecule has 25 heavy (non-hydrogen) atoms. The monoisotopic (exact) mass is 331 g/mol. The van der Waals surface area contributed by atoms with E-state index in [9.17, 15) is 4.79 Å². The Kier molecular flexibility index (Phi) is 3.80. The molecule has 0 atom stereocenters. The zero-order valence-electron chi connectivity index (χ0n) is 14.6. The first-order chi connectivity index (χ1) is 12.0. The molecule has 0 unspecified atom stereocenters. The molecule has 4 nitrogen and oxygen atoms in total. The summed E-state index contributed by atoms with van der Waals surface area (Å²) in [5, 5.41) is 3.37. The molecular formula is C21H21N3O. The summed E-state index contributed by atoms with van der Waals surface area (Å²) < 4.78 is 0. The number of hydrogen-bond donors (Lipinski definition) is 1. The molecule has 0 aliphatic heterocycles. The Morgan fingerprint density at radius 2 is 2.04 bits per heavy atom. The van der Waals surface area contributed by atoms with Gasteiger partial charge in [-0.2, -0.15) is 0 Å². The van der Waals surface area contributed by atoms with Crippen molar-refractivity contribution >= 4 is 11.6 Å². The van der Waals surface area contributed by atoms with E-state index < -0.39 is 0 Å². The van der Waals surface area contributed by atoms with E-state index in [1.807, 2.05) is 24.3 Å². The molecule has 126 valence electrons. The molecule has 4 rings (SSSR count). The Hall–Kier alpha value is -2.67. The van der Waals surface area contributed by atoms with Crippen LogP contribution in [0.15, 0.2) is 30.5 Å². The van der Waals surface area contributed by atoms with Gasteiger partial charge in [-0.15, -0.1) is 0 Å². The minimum atomic E-state index is -0.0107. The van der Waals surface area contributed by atoms with Crippen molar-refractivity contribution in [2.75, 3.05) is 5.32 Å². The highest BCUT2D eigenvalue weighted by Gasteiger charge is 2.31. The number of carbonyl (C=O) groups excluding carboxylic acids is 1. The largest absolute Gasteiger partial charge is 0.367 e. The van der Waals surface area contributed by atoms with Gasteiger partial charge in [-0.3, -0.25) is 9.78 Å². The van der Waals surface area contributed by atoms with E-state index in [0.717, 1.165) is 34.8 Å². The molecule has 4 heteroatoms. The van der Waals surface area contributed by atoms with E-state index >= 15 is 0 Å². The van der Waals surface area contributed by atoms with E-state index in [2.05, 4.69) is 41.0 Å². The van der Waals surface area contributed by atoms with Gasteiger partial charge in [-0.1, -0.05) is 25.8 Å². The van der Waals surface area contributed by atoms with Crippen molar-refractivity contribution in [1.29, 1.82) is 0 Å². The lowest BCUT2D eigenvalue weighted by atomic mass is 9.75. The van der Waals surface area contributed by atoms with Gasteiger partial charge in [0, 0.05) is 29.8 Å². The highest BCUT2D eigenvalue weighted by atomic mass is 16.1. The number of hydrogen-bond acceptors (Lipinski definition) is 4. The maximum absolute atomic E-state index is 12.4. The fraction of sp³-hybridized carbons (Fsp3) is 0.381. The predicted molar refractivity (Wildman–Crippen MR) is 97.5 cm³/mol. The summed E-state index contributed by atoms with van der Waals surface area (Å²) in [6.45, 7) is 4.22. The van der Waals surface area contributed by atoms with E-state index in [1.54, 1.807) is 6.20 Å². The molecule has 0 radical (unpaired) electrons. The average molecular weight is 331 g/mol. The van der Waals surface area contributed by atoms with E-state index in [0.29, 0.717) is 12.5 Å². The summed E-state index contributed by atoms with van der Waals surface area (Å²) in [6, 6.07) is 8.25. The minimum absolute atomic E-state index is 0.0107. The number of pyridine rings is 2. The van der Waals surface area contributed by atoms with Crippen molar-refractivity contribution < 1.29 is 4.79 Å². The van der Waals surface area contributed by atoms with Crippen LogP contribution in [-0.4, -0.2) is 21.8 Å². The highest BCUT2D eigenvalue weighted by Crippen LogP contribution is 2.33. The van der Waals surface area contributed by atoms with Gasteiger partial charge in [0.2, 0.25) is 0 Å². The molecule has 0 bridgehead atoms. The summed E-state index contributed by atoms with van der Waals surface area (Å²) in [4.78, 5) is 21.4. The molecular weight excluding hydrogens is 310 g/mol. The summed E-state index contributed by atoms with van der Waals surface area (Å²) in [6.07, 6.45) is 5.58. The fourth-order valence-electron chi connectivity index (χ4n) is 3.15. The number of anilines is 1. The predicted octanol–water partition coefficient (Wildman–Crippen LogP) is 3.61. The van der Waals surface area contributed by atoms with E-state index in [1.165, 1.54) is 12.8 Å². The molecule has 0 aromatic carbocycles. The Morgan fingerprint density at radius 1 is 1.20 bits per heavy atom. The Balaban J connectivity index is 1.57. The van der Waals surface area contributed by atoms with Crippen molar-refractivity contribution in [3.05, 3.63) is 53.0 Å². The molecule has 2 aliphatic carbocycles. The van der Waals surface area contributed by atoms with E-state index in [-0.39, 0.29) is 11.2 Å². The van der Waals surface area contributed by atoms with Crippen LogP contribution in [0.3, 0.4) is 0 Å². The van der Waals surface area contributed by atoms with Crippen molar-refractivity contribution in [3.8, 4) is 11.8 Å². The fourth-order valence-corrected chi connectivity index (χ4v) is 3.15. The highest BCUT2D eigenvalue weighted by molar-refractivity contribution is 5.98. The first-order valence-electron chi connectivity index (χ1n) is 8.76. The summed E-state index contributed by atoms with van der Waals surface area (Å²) in [5.41, 5.74) is 3.08. The van der Waals surface area contributed by atoms with Crippen LogP contribution in [0.1, 0.15) is 60.4 Å². The lowest BCUT2D eigenvalue weighted by Gasteiger charge is -2.29. The van der Waals surface area contributed by atoms with E-state index in [4.69, 9.17) is 0 Å². The van der Waals surface area contributed by atoms with Crippen molar-refractivity contribution in [2.24, 2.45) is 5.41 Å². The number of nitrogens with zero attached hydrogens (tertiary/aromatic N) is 2. The van der Waals surface area contributed by atoms with Crippen LogP contribution in [0.5, 0.6) is 0 Å². The van der Waals surface area contributed by atoms with Gasteiger partial charge in [-0.25, -0.2) is 4.98 Å². The number of Topliss-reactive ketones (excluding diaryl/α,β-unsaturated/α-hetero) is 1. The van der Waals surface area contributed by atoms with Crippen molar-refractivity contribution in [1.82, 2.24) is 9.97 Å². The van der Waals surface area contributed by atoms with Crippen LogP contribution in [-0.2, 0) is 6.42 Å². The van der Waals surface area contributed by atoms with Crippen LogP contribution in [0.2, 0.25) is 0 Å². The maximum Gasteiger partial charge on any atom is 0.165 e. The first-order valence-corrected chi connectivity index (χ1v) is 8.76. The molecule has 0 amide bonds. The SMILES string of the molecule is CC1(C)CC(=O)c2cc(C#Cc3cccc(NC4CC4)n3)cnc2C1. The number of fused-ring (bicyclic) bond motifs is 1. The van der Waals surface area contributed by atoms with Gasteiger partial charge >= 0.3 is 0 Å². The molecule has 1 saturated carbocycles. The van der Waals surface area contributed by atoms with Crippen LogP contribution in [0, 0.1) is 17.3 Å². The third-order valence-electron chi connectivity index (χ3n) is 4.57. The molecule has 2 heterocycles. The number of carbonyl (C=O) groups is 1. The van der Waals surface area contributed by atoms with Crippen molar-refractivity contribution in [2.45, 2.75) is 45.6 Å². The second kappa shape index (κ2) is 6.00. The quantitative estimate of drug-likeness (QED) is 0.854.